The van der Waals surface area contributed by atoms with E-state index in [0.29, 0.717) is 12.2 Å². The highest BCUT2D eigenvalue weighted by Gasteiger charge is 2.67. The van der Waals surface area contributed by atoms with Gasteiger partial charge in [-0.3, -0.25) is 0 Å². The minimum absolute atomic E-state index is 0.0309. The maximum atomic E-state index is 7.18. The fourth-order valence-electron chi connectivity index (χ4n) is 5.59. The minimum Gasteiger partial charge on any atom is -0.370 e. The van der Waals surface area contributed by atoms with Crippen molar-refractivity contribution in [3.63, 3.8) is 0 Å². The SMILES string of the molecule is CCCCCC1CCC1(OC1(C2CO2)CCC1CCCCC)C1CO1. The zero-order valence-electron chi connectivity index (χ0n) is 16.4. The Balaban J connectivity index is 1.43. The lowest BCUT2D eigenvalue weighted by molar-refractivity contribution is -0.283. The first kappa shape index (κ1) is 18.3. The molecule has 2 saturated heterocycles. The molecule has 25 heavy (non-hydrogen) atoms. The lowest BCUT2D eigenvalue weighted by Gasteiger charge is -2.59. The molecule has 0 aromatic heterocycles. The van der Waals surface area contributed by atoms with Crippen LogP contribution >= 0.6 is 0 Å². The summed E-state index contributed by atoms with van der Waals surface area (Å²) in [5.41, 5.74) is 0.0617. The fraction of sp³-hybridized carbons (Fsp3) is 1.00. The monoisotopic (exact) mass is 350 g/mol. The van der Waals surface area contributed by atoms with Gasteiger partial charge in [0.2, 0.25) is 0 Å². The molecule has 144 valence electrons. The minimum atomic E-state index is 0.0309. The summed E-state index contributed by atoms with van der Waals surface area (Å²) >= 11 is 0. The highest BCUT2D eigenvalue weighted by Crippen LogP contribution is 2.60. The van der Waals surface area contributed by atoms with Crippen molar-refractivity contribution in [2.45, 2.75) is 114 Å². The van der Waals surface area contributed by atoms with E-state index in [1.807, 2.05) is 0 Å². The molecule has 0 radical (unpaired) electrons. The predicted octanol–water partition coefficient (Wildman–Crippen LogP) is 5.26. The van der Waals surface area contributed by atoms with Crippen molar-refractivity contribution in [1.29, 1.82) is 0 Å². The summed E-state index contributed by atoms with van der Waals surface area (Å²) in [5.74, 6) is 1.44. The number of epoxide rings is 2. The lowest BCUT2D eigenvalue weighted by atomic mass is 9.61. The van der Waals surface area contributed by atoms with Gasteiger partial charge in [-0.15, -0.1) is 0 Å². The zero-order valence-corrected chi connectivity index (χ0v) is 16.4. The molecule has 6 atom stereocenters. The third-order valence-corrected chi connectivity index (χ3v) is 7.60. The van der Waals surface area contributed by atoms with Gasteiger partial charge in [-0.25, -0.2) is 0 Å². The second-order valence-electron chi connectivity index (χ2n) is 9.12. The van der Waals surface area contributed by atoms with Gasteiger partial charge in [0.25, 0.3) is 0 Å². The van der Waals surface area contributed by atoms with Crippen LogP contribution in [0.2, 0.25) is 0 Å². The van der Waals surface area contributed by atoms with Crippen LogP contribution < -0.4 is 0 Å². The van der Waals surface area contributed by atoms with Crippen LogP contribution in [0.4, 0.5) is 0 Å². The van der Waals surface area contributed by atoms with Gasteiger partial charge in [-0.1, -0.05) is 52.4 Å². The average molecular weight is 351 g/mol. The van der Waals surface area contributed by atoms with Crippen molar-refractivity contribution in [1.82, 2.24) is 0 Å². The Morgan fingerprint density at radius 1 is 0.760 bits per heavy atom. The average Bonchev–Trinajstić information content (AvgIpc) is 3.46. The third kappa shape index (κ3) is 3.41. The molecular formula is C22H38O3. The summed E-state index contributed by atoms with van der Waals surface area (Å²) in [6.45, 7) is 6.44. The Kier molecular flexibility index (Phi) is 5.46. The fourth-order valence-corrected chi connectivity index (χ4v) is 5.59. The number of unbranched alkanes of at least 4 members (excludes halogenated alkanes) is 4. The van der Waals surface area contributed by atoms with Crippen LogP contribution in [0.1, 0.15) is 90.9 Å². The molecule has 0 bridgehead atoms. The molecule has 0 amide bonds. The van der Waals surface area contributed by atoms with Gasteiger partial charge in [0.1, 0.15) is 23.4 Å². The molecule has 3 nitrogen and oxygen atoms in total. The molecule has 0 spiro atoms. The molecule has 4 fully saturated rings. The molecule has 4 aliphatic rings. The molecule has 2 heterocycles. The summed E-state index contributed by atoms with van der Waals surface area (Å²) in [6, 6.07) is 0. The maximum absolute atomic E-state index is 7.18. The third-order valence-electron chi connectivity index (χ3n) is 7.60. The molecule has 2 aliphatic carbocycles. The van der Waals surface area contributed by atoms with Crippen LogP contribution in [-0.4, -0.2) is 36.6 Å². The van der Waals surface area contributed by atoms with Crippen molar-refractivity contribution in [3.8, 4) is 0 Å². The van der Waals surface area contributed by atoms with Crippen molar-refractivity contribution >= 4 is 0 Å². The van der Waals surface area contributed by atoms with E-state index in [1.165, 1.54) is 77.0 Å². The molecule has 2 saturated carbocycles. The summed E-state index contributed by atoms with van der Waals surface area (Å²) in [7, 11) is 0. The Bertz CT molecular complexity index is 405. The number of hydrogen-bond donors (Lipinski definition) is 0. The summed E-state index contributed by atoms with van der Waals surface area (Å²) < 4.78 is 18.9. The molecule has 0 aromatic rings. The van der Waals surface area contributed by atoms with E-state index in [1.54, 1.807) is 0 Å². The largest absolute Gasteiger partial charge is 0.370 e. The van der Waals surface area contributed by atoms with Crippen LogP contribution in [0, 0.1) is 11.8 Å². The van der Waals surface area contributed by atoms with Crippen molar-refractivity contribution < 1.29 is 14.2 Å². The second-order valence-corrected chi connectivity index (χ2v) is 9.12. The van der Waals surface area contributed by atoms with Gasteiger partial charge < -0.3 is 14.2 Å². The lowest BCUT2D eigenvalue weighted by Crippen LogP contribution is -2.65. The van der Waals surface area contributed by atoms with Gasteiger partial charge >= 0.3 is 0 Å². The Morgan fingerprint density at radius 3 is 1.48 bits per heavy atom. The normalized spacial score (nSPS) is 44.9. The quantitative estimate of drug-likeness (QED) is 0.356. The maximum Gasteiger partial charge on any atom is 0.110 e. The molecular weight excluding hydrogens is 312 g/mol. The molecule has 3 heteroatoms. The van der Waals surface area contributed by atoms with Gasteiger partial charge in [-0.05, 0) is 50.4 Å². The highest BCUT2D eigenvalue weighted by molar-refractivity contribution is 5.15. The summed E-state index contributed by atoms with van der Waals surface area (Å²) in [5, 5.41) is 0. The van der Waals surface area contributed by atoms with E-state index in [4.69, 9.17) is 14.2 Å². The van der Waals surface area contributed by atoms with Crippen LogP contribution in [0.5, 0.6) is 0 Å². The molecule has 2 aliphatic heterocycles. The number of hydrogen-bond acceptors (Lipinski definition) is 3. The van der Waals surface area contributed by atoms with E-state index in [9.17, 15) is 0 Å². The van der Waals surface area contributed by atoms with E-state index >= 15 is 0 Å². The van der Waals surface area contributed by atoms with Gasteiger partial charge in [-0.2, -0.15) is 0 Å². The van der Waals surface area contributed by atoms with E-state index in [-0.39, 0.29) is 11.2 Å². The van der Waals surface area contributed by atoms with Gasteiger partial charge in [0, 0.05) is 0 Å². The summed E-state index contributed by atoms with van der Waals surface area (Å²) in [6.07, 6.45) is 16.5. The molecule has 6 unspecified atom stereocenters. The first-order valence-electron chi connectivity index (χ1n) is 11.2. The topological polar surface area (TPSA) is 34.3 Å². The van der Waals surface area contributed by atoms with Crippen molar-refractivity contribution in [2.75, 3.05) is 13.2 Å². The second kappa shape index (κ2) is 7.48. The first-order valence-corrected chi connectivity index (χ1v) is 11.2. The van der Waals surface area contributed by atoms with Crippen LogP contribution in [0.3, 0.4) is 0 Å². The molecule has 0 N–H and O–H groups in total. The van der Waals surface area contributed by atoms with Crippen LogP contribution in [0.15, 0.2) is 0 Å². The van der Waals surface area contributed by atoms with Crippen molar-refractivity contribution in [3.05, 3.63) is 0 Å². The number of rotatable bonds is 12. The Morgan fingerprint density at radius 2 is 1.20 bits per heavy atom. The molecule has 4 rings (SSSR count). The first-order chi connectivity index (χ1) is 12.2. The molecule has 0 aromatic carbocycles. The Hall–Kier alpha value is -0.120. The Labute approximate surface area is 154 Å². The van der Waals surface area contributed by atoms with Gasteiger partial charge in [0.15, 0.2) is 0 Å². The predicted molar refractivity (Wildman–Crippen MR) is 99.8 cm³/mol. The van der Waals surface area contributed by atoms with E-state index in [0.717, 1.165) is 25.0 Å². The standard InChI is InChI=1S/C22H38O3/c1-3-5-7-9-17-11-13-21(17,19-15-23-19)25-22(20-16-24-20)14-12-18(22)10-8-6-4-2/h17-20H,3-16H2,1-2H3. The van der Waals surface area contributed by atoms with E-state index in [2.05, 4.69) is 13.8 Å². The summed E-state index contributed by atoms with van der Waals surface area (Å²) in [4.78, 5) is 0. The number of ether oxygens (including phenoxy) is 3. The van der Waals surface area contributed by atoms with Gasteiger partial charge in [0.05, 0.1) is 13.2 Å². The zero-order chi connectivity index (χ0) is 17.3. The van der Waals surface area contributed by atoms with E-state index < -0.39 is 0 Å². The van der Waals surface area contributed by atoms with Crippen molar-refractivity contribution in [2.24, 2.45) is 11.8 Å². The van der Waals surface area contributed by atoms with Crippen LogP contribution in [0.25, 0.3) is 0 Å². The highest BCUT2D eigenvalue weighted by atomic mass is 16.6. The van der Waals surface area contributed by atoms with Crippen LogP contribution in [-0.2, 0) is 14.2 Å². The smallest absolute Gasteiger partial charge is 0.110 e.